The molecule has 1 aromatic carbocycles. The third-order valence-electron chi connectivity index (χ3n) is 4.47. The van der Waals surface area contributed by atoms with Crippen LogP contribution in [0.5, 0.6) is 0 Å². The number of nitrogens with one attached hydrogen (secondary N) is 1. The first-order valence-electron chi connectivity index (χ1n) is 7.28. The Labute approximate surface area is 119 Å². The standard InChI is InChI=1S/C16H21NO3/c1-19-15(18)13-5-3-12(4-6-13)14-11-16(8-9-17-14)7-2-10-20-16/h3-6,14,17H,2,7-11H2,1H3/t14-,16?/m0/s1. The Kier molecular flexibility index (Phi) is 3.76. The van der Waals surface area contributed by atoms with Gasteiger partial charge in [0.25, 0.3) is 0 Å². The van der Waals surface area contributed by atoms with Gasteiger partial charge in [0.15, 0.2) is 0 Å². The number of ether oxygens (including phenoxy) is 2. The average Bonchev–Trinajstić information content (AvgIpc) is 2.94. The number of esters is 1. The molecule has 2 heterocycles. The van der Waals surface area contributed by atoms with Crippen LogP contribution in [-0.4, -0.2) is 31.8 Å². The quantitative estimate of drug-likeness (QED) is 0.842. The predicted molar refractivity (Wildman–Crippen MR) is 75.7 cm³/mol. The van der Waals surface area contributed by atoms with Crippen LogP contribution in [0.4, 0.5) is 0 Å². The molecule has 0 radical (unpaired) electrons. The van der Waals surface area contributed by atoms with Gasteiger partial charge < -0.3 is 14.8 Å². The van der Waals surface area contributed by atoms with E-state index in [1.807, 2.05) is 24.3 Å². The number of carbonyl (C=O) groups excluding carboxylic acids is 1. The van der Waals surface area contributed by atoms with E-state index in [0.717, 1.165) is 26.0 Å². The van der Waals surface area contributed by atoms with Crippen molar-refractivity contribution in [2.24, 2.45) is 0 Å². The Morgan fingerprint density at radius 2 is 2.15 bits per heavy atom. The van der Waals surface area contributed by atoms with Crippen molar-refractivity contribution >= 4 is 5.97 Å². The summed E-state index contributed by atoms with van der Waals surface area (Å²) >= 11 is 0. The van der Waals surface area contributed by atoms with E-state index in [1.165, 1.54) is 25.5 Å². The molecule has 108 valence electrons. The van der Waals surface area contributed by atoms with E-state index in [2.05, 4.69) is 5.32 Å². The van der Waals surface area contributed by atoms with Crippen LogP contribution in [-0.2, 0) is 9.47 Å². The minimum atomic E-state index is -0.288. The molecule has 3 rings (SSSR count). The van der Waals surface area contributed by atoms with Crippen LogP contribution >= 0.6 is 0 Å². The summed E-state index contributed by atoms with van der Waals surface area (Å²) in [6.07, 6.45) is 4.47. The zero-order chi connectivity index (χ0) is 14.0. The number of hydrogen-bond acceptors (Lipinski definition) is 4. The van der Waals surface area contributed by atoms with Crippen LogP contribution in [0.25, 0.3) is 0 Å². The summed E-state index contributed by atoms with van der Waals surface area (Å²) in [6, 6.07) is 8.00. The van der Waals surface area contributed by atoms with Gasteiger partial charge in [-0.3, -0.25) is 0 Å². The van der Waals surface area contributed by atoms with Gasteiger partial charge in [-0.25, -0.2) is 4.79 Å². The van der Waals surface area contributed by atoms with Crippen molar-refractivity contribution < 1.29 is 14.3 Å². The fourth-order valence-corrected chi connectivity index (χ4v) is 3.34. The Bertz CT molecular complexity index is 477. The minimum Gasteiger partial charge on any atom is -0.465 e. The Hall–Kier alpha value is -1.39. The maximum absolute atomic E-state index is 11.4. The third-order valence-corrected chi connectivity index (χ3v) is 4.47. The van der Waals surface area contributed by atoms with Crippen LogP contribution in [0.1, 0.15) is 47.6 Å². The van der Waals surface area contributed by atoms with Crippen molar-refractivity contribution in [3.63, 3.8) is 0 Å². The molecular formula is C16H21NO3. The van der Waals surface area contributed by atoms with Gasteiger partial charge in [-0.05, 0) is 49.9 Å². The van der Waals surface area contributed by atoms with Crippen molar-refractivity contribution in [2.75, 3.05) is 20.3 Å². The highest BCUT2D eigenvalue weighted by Crippen LogP contribution is 2.39. The molecule has 0 saturated carbocycles. The molecule has 2 aliphatic heterocycles. The first-order chi connectivity index (χ1) is 9.72. The highest BCUT2D eigenvalue weighted by Gasteiger charge is 2.40. The Morgan fingerprint density at radius 3 is 2.80 bits per heavy atom. The van der Waals surface area contributed by atoms with Crippen molar-refractivity contribution in [1.29, 1.82) is 0 Å². The predicted octanol–water partition coefficient (Wildman–Crippen LogP) is 2.45. The average molecular weight is 275 g/mol. The van der Waals surface area contributed by atoms with Gasteiger partial charge in [0, 0.05) is 12.6 Å². The molecule has 2 saturated heterocycles. The minimum absolute atomic E-state index is 0.0803. The summed E-state index contributed by atoms with van der Waals surface area (Å²) in [6.45, 7) is 1.89. The molecule has 4 nitrogen and oxygen atoms in total. The topological polar surface area (TPSA) is 47.6 Å². The lowest BCUT2D eigenvalue weighted by molar-refractivity contribution is -0.0310. The van der Waals surface area contributed by atoms with E-state index in [4.69, 9.17) is 9.47 Å². The SMILES string of the molecule is COC(=O)c1ccc([C@@H]2CC3(CCCO3)CCN2)cc1. The number of hydrogen-bond donors (Lipinski definition) is 1. The van der Waals surface area contributed by atoms with Gasteiger partial charge in [-0.1, -0.05) is 12.1 Å². The summed E-state index contributed by atoms with van der Waals surface area (Å²) in [5, 5.41) is 3.55. The van der Waals surface area contributed by atoms with Crippen LogP contribution in [0.2, 0.25) is 0 Å². The summed E-state index contributed by atoms with van der Waals surface area (Å²) in [7, 11) is 1.40. The van der Waals surface area contributed by atoms with Crippen LogP contribution < -0.4 is 5.32 Å². The number of benzene rings is 1. The van der Waals surface area contributed by atoms with Crippen LogP contribution in [0.3, 0.4) is 0 Å². The van der Waals surface area contributed by atoms with Gasteiger partial charge in [-0.15, -0.1) is 0 Å². The van der Waals surface area contributed by atoms with Gasteiger partial charge in [0.2, 0.25) is 0 Å². The second-order valence-corrected chi connectivity index (χ2v) is 5.71. The lowest BCUT2D eigenvalue weighted by Gasteiger charge is -2.38. The maximum Gasteiger partial charge on any atom is 0.337 e. The molecule has 0 aromatic heterocycles. The van der Waals surface area contributed by atoms with Crippen LogP contribution in [0.15, 0.2) is 24.3 Å². The smallest absolute Gasteiger partial charge is 0.337 e. The van der Waals surface area contributed by atoms with Gasteiger partial charge in [-0.2, -0.15) is 0 Å². The van der Waals surface area contributed by atoms with Crippen molar-refractivity contribution in [1.82, 2.24) is 5.32 Å². The van der Waals surface area contributed by atoms with Gasteiger partial charge in [0.05, 0.1) is 18.3 Å². The molecule has 2 fully saturated rings. The number of methoxy groups -OCH3 is 1. The molecule has 2 aliphatic rings. The van der Waals surface area contributed by atoms with Crippen LogP contribution in [0, 0.1) is 0 Å². The molecule has 20 heavy (non-hydrogen) atoms. The lowest BCUT2D eigenvalue weighted by atomic mass is 9.83. The first kappa shape index (κ1) is 13.6. The Balaban J connectivity index is 1.73. The number of piperidine rings is 1. The monoisotopic (exact) mass is 275 g/mol. The Morgan fingerprint density at radius 1 is 1.35 bits per heavy atom. The molecule has 0 amide bonds. The molecule has 0 aliphatic carbocycles. The zero-order valence-electron chi connectivity index (χ0n) is 11.9. The molecule has 2 atom stereocenters. The molecule has 1 N–H and O–H groups in total. The molecule has 1 unspecified atom stereocenters. The molecular weight excluding hydrogens is 254 g/mol. The number of rotatable bonds is 2. The van der Waals surface area contributed by atoms with Crippen molar-refractivity contribution in [3.05, 3.63) is 35.4 Å². The summed E-state index contributed by atoms with van der Waals surface area (Å²) in [5.41, 5.74) is 1.89. The van der Waals surface area contributed by atoms with Crippen molar-refractivity contribution in [3.8, 4) is 0 Å². The van der Waals surface area contributed by atoms with E-state index in [1.54, 1.807) is 0 Å². The lowest BCUT2D eigenvalue weighted by Crippen LogP contribution is -2.43. The molecule has 1 aromatic rings. The fraction of sp³-hybridized carbons (Fsp3) is 0.562. The first-order valence-corrected chi connectivity index (χ1v) is 7.28. The summed E-state index contributed by atoms with van der Waals surface area (Å²) in [4.78, 5) is 11.4. The van der Waals surface area contributed by atoms with E-state index >= 15 is 0 Å². The third kappa shape index (κ3) is 2.58. The zero-order valence-corrected chi connectivity index (χ0v) is 11.9. The van der Waals surface area contributed by atoms with E-state index in [0.29, 0.717) is 11.6 Å². The van der Waals surface area contributed by atoms with Gasteiger partial charge >= 0.3 is 5.97 Å². The van der Waals surface area contributed by atoms with E-state index < -0.39 is 0 Å². The maximum atomic E-state index is 11.4. The molecule has 1 spiro atoms. The summed E-state index contributed by atoms with van der Waals surface area (Å²) in [5.74, 6) is -0.288. The van der Waals surface area contributed by atoms with Crippen molar-refractivity contribution in [2.45, 2.75) is 37.3 Å². The van der Waals surface area contributed by atoms with Gasteiger partial charge in [0.1, 0.15) is 0 Å². The fourth-order valence-electron chi connectivity index (χ4n) is 3.34. The number of carbonyl (C=O) groups is 1. The molecule has 0 bridgehead atoms. The van der Waals surface area contributed by atoms with E-state index in [-0.39, 0.29) is 11.6 Å². The summed E-state index contributed by atoms with van der Waals surface area (Å²) < 4.78 is 10.7. The van der Waals surface area contributed by atoms with E-state index in [9.17, 15) is 4.79 Å². The normalized spacial score (nSPS) is 29.6. The highest BCUT2D eigenvalue weighted by atomic mass is 16.5. The second-order valence-electron chi connectivity index (χ2n) is 5.71. The highest BCUT2D eigenvalue weighted by molar-refractivity contribution is 5.89. The second kappa shape index (κ2) is 5.54. The largest absolute Gasteiger partial charge is 0.465 e. The molecule has 4 heteroatoms.